The first kappa shape index (κ1) is 12.3. The second-order valence-electron chi connectivity index (χ2n) is 6.00. The van der Waals surface area contributed by atoms with Gasteiger partial charge in [0.15, 0.2) is 0 Å². The first-order valence-electron chi connectivity index (χ1n) is 6.72. The lowest BCUT2D eigenvalue weighted by molar-refractivity contribution is -0.146. The molecule has 4 heteroatoms. The van der Waals surface area contributed by atoms with Crippen LogP contribution in [0.2, 0.25) is 0 Å². The molecule has 0 atom stereocenters. The first-order valence-corrected chi connectivity index (χ1v) is 7.67. The molecular formula is C14H18O3S. The summed E-state index contributed by atoms with van der Waals surface area (Å²) in [5.74, 6) is 1.33. The summed E-state index contributed by atoms with van der Waals surface area (Å²) in [7, 11) is 0. The van der Waals surface area contributed by atoms with Gasteiger partial charge in [0, 0.05) is 5.25 Å². The number of carbonyl (C=O) groups excluding carboxylic acids is 1. The zero-order valence-electron chi connectivity index (χ0n) is 10.2. The molecule has 4 saturated carbocycles. The van der Waals surface area contributed by atoms with Gasteiger partial charge in [-0.05, 0) is 67.3 Å². The predicted octanol–water partition coefficient (Wildman–Crippen LogP) is 2.71. The molecule has 0 heterocycles. The Bertz CT molecular complexity index is 374. The summed E-state index contributed by atoms with van der Waals surface area (Å²) in [6, 6.07) is 0. The Morgan fingerprint density at radius 3 is 2.06 bits per heavy atom. The molecule has 4 bridgehead atoms. The Hall–Kier alpha value is -0.770. The number of rotatable bonds is 4. The van der Waals surface area contributed by atoms with Crippen molar-refractivity contribution in [2.24, 2.45) is 23.7 Å². The smallest absolute Gasteiger partial charge is 0.376 e. The van der Waals surface area contributed by atoms with Gasteiger partial charge in [-0.1, -0.05) is 0 Å². The van der Waals surface area contributed by atoms with Crippen molar-refractivity contribution in [3.8, 4) is 0 Å². The number of thioether (sulfide) groups is 1. The van der Waals surface area contributed by atoms with Gasteiger partial charge in [-0.2, -0.15) is 0 Å². The van der Waals surface area contributed by atoms with Crippen LogP contribution in [0.25, 0.3) is 0 Å². The van der Waals surface area contributed by atoms with Crippen molar-refractivity contribution in [1.82, 2.24) is 0 Å². The minimum Gasteiger partial charge on any atom is -0.475 e. The lowest BCUT2D eigenvalue weighted by Crippen LogP contribution is -2.46. The van der Waals surface area contributed by atoms with Crippen LogP contribution in [0.1, 0.15) is 32.1 Å². The molecule has 0 aromatic carbocycles. The maximum atomic E-state index is 11.0. The average molecular weight is 266 g/mol. The van der Waals surface area contributed by atoms with Gasteiger partial charge in [0.05, 0.1) is 0 Å². The van der Waals surface area contributed by atoms with E-state index in [1.807, 2.05) is 0 Å². The lowest BCUT2D eigenvalue weighted by atomic mass is 9.56. The second kappa shape index (κ2) is 4.72. The van der Waals surface area contributed by atoms with Crippen LogP contribution in [0.4, 0.5) is 0 Å². The lowest BCUT2D eigenvalue weighted by Gasteiger charge is -2.53. The van der Waals surface area contributed by atoms with Crippen molar-refractivity contribution < 1.29 is 14.7 Å². The van der Waals surface area contributed by atoms with Crippen LogP contribution in [0, 0.1) is 23.7 Å². The molecule has 4 aliphatic rings. The van der Waals surface area contributed by atoms with Gasteiger partial charge in [-0.25, -0.2) is 4.79 Å². The minimum absolute atomic E-state index is 0.621. The van der Waals surface area contributed by atoms with E-state index in [1.54, 1.807) is 17.2 Å². The zero-order chi connectivity index (χ0) is 12.7. The summed E-state index contributed by atoms with van der Waals surface area (Å²) >= 11 is 1.69. The van der Waals surface area contributed by atoms with E-state index < -0.39 is 11.8 Å². The fourth-order valence-electron chi connectivity index (χ4n) is 4.36. The molecule has 4 aliphatic carbocycles. The molecule has 0 aliphatic heterocycles. The molecule has 0 aromatic rings. The van der Waals surface area contributed by atoms with Crippen molar-refractivity contribution in [3.05, 3.63) is 11.5 Å². The van der Waals surface area contributed by atoms with E-state index in [-0.39, 0.29) is 0 Å². The van der Waals surface area contributed by atoms with Crippen molar-refractivity contribution >= 4 is 23.5 Å². The van der Waals surface area contributed by atoms with Crippen LogP contribution in [-0.2, 0) is 9.59 Å². The molecule has 0 aromatic heterocycles. The highest BCUT2D eigenvalue weighted by molar-refractivity contribution is 8.02. The van der Waals surface area contributed by atoms with Crippen LogP contribution in [0.15, 0.2) is 11.5 Å². The van der Waals surface area contributed by atoms with Gasteiger partial charge < -0.3 is 5.11 Å². The summed E-state index contributed by atoms with van der Waals surface area (Å²) in [4.78, 5) is 21.4. The molecule has 0 unspecified atom stereocenters. The number of aliphatic carboxylic acids is 1. The Labute approximate surface area is 111 Å². The minimum atomic E-state index is -1.36. The topological polar surface area (TPSA) is 54.4 Å². The third-order valence-corrected chi connectivity index (χ3v) is 6.18. The third-order valence-electron chi connectivity index (χ3n) is 4.81. The summed E-state index contributed by atoms with van der Waals surface area (Å²) in [6.07, 6.45) is 8.06. The second-order valence-corrected chi connectivity index (χ2v) is 7.09. The molecule has 98 valence electrons. The van der Waals surface area contributed by atoms with Crippen molar-refractivity contribution in [2.45, 2.75) is 37.4 Å². The van der Waals surface area contributed by atoms with Crippen LogP contribution >= 0.6 is 11.8 Å². The SMILES string of the molecule is O=C(O)C(=O)/C=C/SC1C2CC3CC(C2)CC1C3. The van der Waals surface area contributed by atoms with Crippen LogP contribution in [0.3, 0.4) is 0 Å². The van der Waals surface area contributed by atoms with E-state index in [4.69, 9.17) is 5.11 Å². The molecule has 3 nitrogen and oxygen atoms in total. The highest BCUT2D eigenvalue weighted by Gasteiger charge is 2.47. The van der Waals surface area contributed by atoms with E-state index in [9.17, 15) is 9.59 Å². The molecule has 0 spiro atoms. The number of ketones is 1. The standard InChI is InChI=1S/C14H18O3S/c15-12(14(16)17)1-2-18-13-10-4-8-3-9(6-10)7-11(13)5-8/h1-2,8-11,13H,3-7H2,(H,16,17)/b2-1+. The van der Waals surface area contributed by atoms with Crippen molar-refractivity contribution in [3.63, 3.8) is 0 Å². The summed E-state index contributed by atoms with van der Waals surface area (Å²) in [5, 5.41) is 10.8. The summed E-state index contributed by atoms with van der Waals surface area (Å²) in [5.41, 5.74) is 0. The van der Waals surface area contributed by atoms with E-state index in [2.05, 4.69) is 0 Å². The van der Waals surface area contributed by atoms with Crippen molar-refractivity contribution in [2.75, 3.05) is 0 Å². The molecule has 0 radical (unpaired) electrons. The normalized spacial score (nSPS) is 41.4. The Kier molecular flexibility index (Phi) is 3.22. The number of carbonyl (C=O) groups is 2. The number of hydrogen-bond donors (Lipinski definition) is 1. The Morgan fingerprint density at radius 2 is 1.56 bits per heavy atom. The van der Waals surface area contributed by atoms with E-state index in [0.717, 1.165) is 23.7 Å². The summed E-state index contributed by atoms with van der Waals surface area (Å²) < 4.78 is 0. The number of carboxylic acids is 1. The van der Waals surface area contributed by atoms with Gasteiger partial charge >= 0.3 is 5.97 Å². The molecule has 18 heavy (non-hydrogen) atoms. The molecule has 4 fully saturated rings. The quantitative estimate of drug-likeness (QED) is 0.628. The fraction of sp³-hybridized carbons (Fsp3) is 0.714. The van der Waals surface area contributed by atoms with Crippen LogP contribution < -0.4 is 0 Å². The van der Waals surface area contributed by atoms with Gasteiger partial charge in [0.1, 0.15) is 0 Å². The number of carboxylic acid groups (broad SMARTS) is 1. The van der Waals surface area contributed by atoms with Gasteiger partial charge in [-0.15, -0.1) is 11.8 Å². The van der Waals surface area contributed by atoms with E-state index in [0.29, 0.717) is 5.25 Å². The zero-order valence-corrected chi connectivity index (χ0v) is 11.1. The highest BCUT2D eigenvalue weighted by atomic mass is 32.2. The Morgan fingerprint density at radius 1 is 1.00 bits per heavy atom. The average Bonchev–Trinajstić information content (AvgIpc) is 2.31. The van der Waals surface area contributed by atoms with Crippen molar-refractivity contribution in [1.29, 1.82) is 0 Å². The Balaban J connectivity index is 1.60. The van der Waals surface area contributed by atoms with Gasteiger partial charge in [0.2, 0.25) is 0 Å². The van der Waals surface area contributed by atoms with Gasteiger partial charge in [-0.3, -0.25) is 4.79 Å². The van der Waals surface area contributed by atoms with E-state index >= 15 is 0 Å². The molecule has 4 rings (SSSR count). The van der Waals surface area contributed by atoms with Crippen LogP contribution in [0.5, 0.6) is 0 Å². The van der Waals surface area contributed by atoms with Gasteiger partial charge in [0.25, 0.3) is 5.78 Å². The predicted molar refractivity (Wildman–Crippen MR) is 70.2 cm³/mol. The fourth-order valence-corrected chi connectivity index (χ4v) is 5.63. The highest BCUT2D eigenvalue weighted by Crippen LogP contribution is 2.57. The first-order chi connectivity index (χ1) is 8.63. The third kappa shape index (κ3) is 2.22. The maximum absolute atomic E-state index is 11.0. The molecular weight excluding hydrogens is 248 g/mol. The molecule has 0 saturated heterocycles. The van der Waals surface area contributed by atoms with E-state index in [1.165, 1.54) is 38.2 Å². The van der Waals surface area contributed by atoms with Crippen LogP contribution in [-0.4, -0.2) is 22.1 Å². The molecule has 1 N–H and O–H groups in total. The number of hydrogen-bond acceptors (Lipinski definition) is 3. The largest absolute Gasteiger partial charge is 0.475 e. The summed E-state index contributed by atoms with van der Waals surface area (Å²) in [6.45, 7) is 0. The molecule has 0 amide bonds. The maximum Gasteiger partial charge on any atom is 0.376 e. The monoisotopic (exact) mass is 266 g/mol.